The predicted octanol–water partition coefficient (Wildman–Crippen LogP) is 5.27. The minimum absolute atomic E-state index is 0.214. The van der Waals surface area contributed by atoms with Crippen molar-refractivity contribution in [3.63, 3.8) is 0 Å². The molecule has 0 aliphatic rings. The molecule has 0 saturated carbocycles. The molecule has 0 atom stereocenters. The highest BCUT2D eigenvalue weighted by atomic mass is 16.5. The van der Waals surface area contributed by atoms with Gasteiger partial charge in [-0.1, -0.05) is 54.6 Å². The first-order chi connectivity index (χ1) is 13.8. The van der Waals surface area contributed by atoms with Crippen LogP contribution in [0.5, 0.6) is 5.75 Å². The number of hydrogen-bond acceptors (Lipinski definition) is 4. The van der Waals surface area contributed by atoms with Crippen molar-refractivity contribution < 1.29 is 9.84 Å². The standard InChI is InChI=1S/C24H22N2O2/c27-24-19(15-26-21-10-5-2-6-11-21)14-20(22-12-7-13-25-23(22)24)17-28-16-18-8-3-1-4-9-18/h1-14,26-27H,15-17H2. The van der Waals surface area contributed by atoms with Crippen LogP contribution in [-0.4, -0.2) is 10.1 Å². The third-order valence-corrected chi connectivity index (χ3v) is 4.66. The summed E-state index contributed by atoms with van der Waals surface area (Å²) in [7, 11) is 0. The number of rotatable bonds is 7. The van der Waals surface area contributed by atoms with Crippen LogP contribution in [0.2, 0.25) is 0 Å². The van der Waals surface area contributed by atoms with E-state index in [1.165, 1.54) is 0 Å². The number of nitrogens with one attached hydrogen (secondary N) is 1. The maximum absolute atomic E-state index is 10.7. The van der Waals surface area contributed by atoms with Gasteiger partial charge in [0.2, 0.25) is 0 Å². The van der Waals surface area contributed by atoms with Gasteiger partial charge in [0.1, 0.15) is 11.3 Å². The molecule has 28 heavy (non-hydrogen) atoms. The van der Waals surface area contributed by atoms with E-state index in [1.54, 1.807) is 6.20 Å². The second-order valence-electron chi connectivity index (χ2n) is 6.64. The molecule has 0 amide bonds. The lowest BCUT2D eigenvalue weighted by molar-refractivity contribution is 0.108. The molecule has 0 aliphatic carbocycles. The summed E-state index contributed by atoms with van der Waals surface area (Å²) < 4.78 is 5.94. The van der Waals surface area contributed by atoms with Crippen molar-refractivity contribution >= 4 is 16.6 Å². The summed E-state index contributed by atoms with van der Waals surface area (Å²) in [5.41, 5.74) is 4.56. The van der Waals surface area contributed by atoms with Gasteiger partial charge in [0.15, 0.2) is 0 Å². The van der Waals surface area contributed by atoms with Gasteiger partial charge in [0, 0.05) is 29.4 Å². The van der Waals surface area contributed by atoms with Gasteiger partial charge < -0.3 is 15.2 Å². The number of para-hydroxylation sites is 1. The van der Waals surface area contributed by atoms with Crippen LogP contribution in [0.3, 0.4) is 0 Å². The van der Waals surface area contributed by atoms with E-state index in [9.17, 15) is 5.11 Å². The van der Waals surface area contributed by atoms with Gasteiger partial charge in [-0.05, 0) is 35.4 Å². The minimum atomic E-state index is 0.214. The van der Waals surface area contributed by atoms with E-state index in [0.29, 0.717) is 25.3 Å². The Morgan fingerprint density at radius 2 is 1.57 bits per heavy atom. The first-order valence-electron chi connectivity index (χ1n) is 9.30. The van der Waals surface area contributed by atoms with E-state index >= 15 is 0 Å². The summed E-state index contributed by atoms with van der Waals surface area (Å²) in [5, 5.41) is 15.0. The number of phenolic OH excluding ortho intramolecular Hbond substituents is 1. The molecule has 4 aromatic rings. The van der Waals surface area contributed by atoms with Gasteiger partial charge in [-0.2, -0.15) is 0 Å². The normalized spacial score (nSPS) is 10.9. The van der Waals surface area contributed by atoms with Crippen LogP contribution in [-0.2, 0) is 24.5 Å². The molecular weight excluding hydrogens is 348 g/mol. The van der Waals surface area contributed by atoms with Gasteiger partial charge in [0.05, 0.1) is 13.2 Å². The minimum Gasteiger partial charge on any atom is -0.505 e. The Morgan fingerprint density at radius 1 is 0.821 bits per heavy atom. The Bertz CT molecular complexity index is 1050. The largest absolute Gasteiger partial charge is 0.505 e. The van der Waals surface area contributed by atoms with Crippen molar-refractivity contribution in [1.82, 2.24) is 4.98 Å². The zero-order valence-corrected chi connectivity index (χ0v) is 15.5. The fourth-order valence-corrected chi connectivity index (χ4v) is 3.22. The fraction of sp³-hybridized carbons (Fsp3) is 0.125. The number of fused-ring (bicyclic) bond motifs is 1. The van der Waals surface area contributed by atoms with Crippen LogP contribution in [0.1, 0.15) is 16.7 Å². The number of aromatic nitrogens is 1. The highest BCUT2D eigenvalue weighted by Crippen LogP contribution is 2.31. The van der Waals surface area contributed by atoms with Crippen LogP contribution in [0, 0.1) is 0 Å². The van der Waals surface area contributed by atoms with E-state index in [2.05, 4.69) is 10.3 Å². The summed E-state index contributed by atoms with van der Waals surface area (Å²) >= 11 is 0. The van der Waals surface area contributed by atoms with Crippen molar-refractivity contribution in [2.45, 2.75) is 19.8 Å². The molecule has 0 unspecified atom stereocenters. The van der Waals surface area contributed by atoms with Crippen molar-refractivity contribution in [3.05, 3.63) is 102 Å². The number of aromatic hydroxyl groups is 1. The molecule has 0 fully saturated rings. The van der Waals surface area contributed by atoms with Gasteiger partial charge >= 0.3 is 0 Å². The number of ether oxygens (including phenoxy) is 1. The second kappa shape index (κ2) is 8.55. The molecule has 1 heterocycles. The molecule has 4 heteroatoms. The van der Waals surface area contributed by atoms with Gasteiger partial charge in [-0.25, -0.2) is 0 Å². The fourth-order valence-electron chi connectivity index (χ4n) is 3.22. The molecule has 140 valence electrons. The van der Waals surface area contributed by atoms with Crippen molar-refractivity contribution in [2.24, 2.45) is 0 Å². The highest BCUT2D eigenvalue weighted by molar-refractivity contribution is 5.88. The third kappa shape index (κ3) is 4.13. The topological polar surface area (TPSA) is 54.4 Å². The summed E-state index contributed by atoms with van der Waals surface area (Å²) in [5.74, 6) is 0.214. The molecule has 0 aliphatic heterocycles. The van der Waals surface area contributed by atoms with Gasteiger partial charge in [-0.3, -0.25) is 4.98 Å². The van der Waals surface area contributed by atoms with E-state index in [0.717, 1.165) is 27.8 Å². The van der Waals surface area contributed by atoms with Crippen LogP contribution >= 0.6 is 0 Å². The molecular formula is C24H22N2O2. The lowest BCUT2D eigenvalue weighted by Gasteiger charge is -2.14. The molecule has 1 aromatic heterocycles. The van der Waals surface area contributed by atoms with Crippen LogP contribution in [0.25, 0.3) is 10.9 Å². The molecule has 4 nitrogen and oxygen atoms in total. The first-order valence-corrected chi connectivity index (χ1v) is 9.30. The average molecular weight is 370 g/mol. The van der Waals surface area contributed by atoms with Crippen molar-refractivity contribution in [3.8, 4) is 5.75 Å². The lowest BCUT2D eigenvalue weighted by Crippen LogP contribution is -2.03. The number of anilines is 1. The molecule has 0 spiro atoms. The summed E-state index contributed by atoms with van der Waals surface area (Å²) in [6.07, 6.45) is 1.70. The predicted molar refractivity (Wildman–Crippen MR) is 112 cm³/mol. The monoisotopic (exact) mass is 370 g/mol. The van der Waals surface area contributed by atoms with Crippen LogP contribution in [0.4, 0.5) is 5.69 Å². The SMILES string of the molecule is Oc1c(CNc2ccccc2)cc(COCc2ccccc2)c2cccnc12. The van der Waals surface area contributed by atoms with E-state index < -0.39 is 0 Å². The Morgan fingerprint density at radius 3 is 2.36 bits per heavy atom. The average Bonchev–Trinajstić information content (AvgIpc) is 2.76. The molecule has 3 aromatic carbocycles. The molecule has 0 bridgehead atoms. The van der Waals surface area contributed by atoms with E-state index in [1.807, 2.05) is 78.9 Å². The Labute approximate surface area is 164 Å². The van der Waals surface area contributed by atoms with Crippen molar-refractivity contribution in [2.75, 3.05) is 5.32 Å². The third-order valence-electron chi connectivity index (χ3n) is 4.66. The summed E-state index contributed by atoms with van der Waals surface area (Å²) in [6, 6.07) is 25.9. The summed E-state index contributed by atoms with van der Waals surface area (Å²) in [6.45, 7) is 1.50. The smallest absolute Gasteiger partial charge is 0.146 e. The maximum atomic E-state index is 10.7. The van der Waals surface area contributed by atoms with Gasteiger partial charge in [-0.15, -0.1) is 0 Å². The zero-order chi connectivity index (χ0) is 19.2. The van der Waals surface area contributed by atoms with Crippen molar-refractivity contribution in [1.29, 1.82) is 0 Å². The van der Waals surface area contributed by atoms with E-state index in [4.69, 9.17) is 4.74 Å². The molecule has 0 saturated heterocycles. The number of phenols is 1. The van der Waals surface area contributed by atoms with Crippen LogP contribution in [0.15, 0.2) is 85.1 Å². The van der Waals surface area contributed by atoms with E-state index in [-0.39, 0.29) is 5.75 Å². The number of hydrogen-bond donors (Lipinski definition) is 2. The molecule has 4 rings (SSSR count). The number of pyridine rings is 1. The van der Waals surface area contributed by atoms with Crippen LogP contribution < -0.4 is 5.32 Å². The Kier molecular flexibility index (Phi) is 5.50. The lowest BCUT2D eigenvalue weighted by atomic mass is 10.0. The first kappa shape index (κ1) is 18.0. The number of nitrogens with zero attached hydrogens (tertiary/aromatic N) is 1. The quantitative estimate of drug-likeness (QED) is 0.465. The maximum Gasteiger partial charge on any atom is 0.146 e. The molecule has 0 radical (unpaired) electrons. The zero-order valence-electron chi connectivity index (χ0n) is 15.5. The Balaban J connectivity index is 1.56. The molecule has 2 N–H and O–H groups in total. The number of benzene rings is 3. The summed E-state index contributed by atoms with van der Waals surface area (Å²) in [4.78, 5) is 4.39. The second-order valence-corrected chi connectivity index (χ2v) is 6.64. The highest BCUT2D eigenvalue weighted by Gasteiger charge is 2.12. The Hall–Kier alpha value is -3.37. The van der Waals surface area contributed by atoms with Gasteiger partial charge in [0.25, 0.3) is 0 Å².